The molecule has 0 heterocycles. The minimum Gasteiger partial charge on any atom is -0.484 e. The summed E-state index contributed by atoms with van der Waals surface area (Å²) in [4.78, 5) is 0. The maximum absolute atomic E-state index is 8.99. The van der Waals surface area contributed by atoms with Gasteiger partial charge in [-0.15, -0.1) is 0 Å². The van der Waals surface area contributed by atoms with Crippen molar-refractivity contribution in [2.24, 2.45) is 0 Å². The van der Waals surface area contributed by atoms with Gasteiger partial charge in [-0.2, -0.15) is 5.26 Å². The van der Waals surface area contributed by atoms with Gasteiger partial charge in [-0.3, -0.25) is 0 Å². The molecule has 0 aliphatic rings. The highest BCUT2D eigenvalue weighted by atomic mass is 16.5. The number of rotatable bonds is 5. The van der Waals surface area contributed by atoms with Crippen molar-refractivity contribution < 1.29 is 4.74 Å². The van der Waals surface area contributed by atoms with Crippen molar-refractivity contribution in [1.82, 2.24) is 0 Å². The summed E-state index contributed by atoms with van der Waals surface area (Å²) in [7, 11) is 0. The Morgan fingerprint density at radius 1 is 1.26 bits per heavy atom. The zero-order valence-electron chi connectivity index (χ0n) is 11.1. The average Bonchev–Trinajstić information content (AvgIpc) is 2.46. The lowest BCUT2D eigenvalue weighted by atomic mass is 10.1. The summed E-state index contributed by atoms with van der Waals surface area (Å²) in [5.74, 6) is 0.813. The molecular weight excluding hydrogens is 234 g/mol. The molecule has 0 saturated heterocycles. The Bertz CT molecular complexity index is 619. The van der Waals surface area contributed by atoms with E-state index < -0.39 is 0 Å². The van der Waals surface area contributed by atoms with Gasteiger partial charge in [0, 0.05) is 5.39 Å². The van der Waals surface area contributed by atoms with Crippen molar-refractivity contribution >= 4 is 10.8 Å². The van der Waals surface area contributed by atoms with Crippen LogP contribution in [0.4, 0.5) is 0 Å². The smallest absolute Gasteiger partial charge is 0.133 e. The van der Waals surface area contributed by atoms with Crippen LogP contribution in [0.3, 0.4) is 0 Å². The molecule has 0 aliphatic carbocycles. The van der Waals surface area contributed by atoms with E-state index in [-0.39, 0.29) is 6.10 Å². The van der Waals surface area contributed by atoms with E-state index in [1.165, 1.54) is 0 Å². The number of benzene rings is 2. The van der Waals surface area contributed by atoms with Gasteiger partial charge >= 0.3 is 0 Å². The second-order valence-corrected chi connectivity index (χ2v) is 4.51. The number of fused-ring (bicyclic) bond motifs is 1. The van der Waals surface area contributed by atoms with Gasteiger partial charge in [-0.25, -0.2) is 0 Å². The van der Waals surface area contributed by atoms with Crippen LogP contribution in [0, 0.1) is 11.3 Å². The minimum atomic E-state index is -0.235. The van der Waals surface area contributed by atoms with Crippen LogP contribution in [0.25, 0.3) is 10.8 Å². The first-order chi connectivity index (χ1) is 9.26. The van der Waals surface area contributed by atoms with Gasteiger partial charge in [0.1, 0.15) is 11.9 Å². The Morgan fingerprint density at radius 3 is 2.74 bits per heavy atom. The molecule has 2 aromatic rings. The summed E-state index contributed by atoms with van der Waals surface area (Å²) in [6, 6.07) is 16.1. The fourth-order valence-electron chi connectivity index (χ4n) is 2.09. The highest BCUT2D eigenvalue weighted by Gasteiger charge is 2.14. The first-order valence-electron chi connectivity index (χ1n) is 6.49. The van der Waals surface area contributed by atoms with Crippen LogP contribution >= 0.6 is 0 Å². The van der Waals surface area contributed by atoms with Crippen LogP contribution < -0.4 is 4.74 Å². The summed E-state index contributed by atoms with van der Waals surface area (Å²) in [5, 5.41) is 11.2. The summed E-state index contributed by atoms with van der Waals surface area (Å²) >= 11 is 0. The van der Waals surface area contributed by atoms with E-state index in [4.69, 9.17) is 10.00 Å². The number of nitrogens with zero attached hydrogens (tertiary/aromatic N) is 1. The molecule has 0 saturated carbocycles. The monoisotopic (exact) mass is 251 g/mol. The Hall–Kier alpha value is -2.27. The quantitative estimate of drug-likeness (QED) is 0.735. The zero-order chi connectivity index (χ0) is 13.7. The van der Waals surface area contributed by atoms with Crippen LogP contribution in [-0.2, 0) is 0 Å². The predicted molar refractivity (Wildman–Crippen MR) is 78.0 cm³/mol. The molecule has 2 heteroatoms. The molecule has 0 bridgehead atoms. The molecule has 0 fully saturated rings. The molecule has 0 radical (unpaired) electrons. The van der Waals surface area contributed by atoms with E-state index in [0.717, 1.165) is 29.4 Å². The Morgan fingerprint density at radius 2 is 2.00 bits per heavy atom. The molecule has 0 spiro atoms. The molecule has 0 amide bonds. The van der Waals surface area contributed by atoms with E-state index in [9.17, 15) is 0 Å². The van der Waals surface area contributed by atoms with Gasteiger partial charge in [0.15, 0.2) is 0 Å². The zero-order valence-corrected chi connectivity index (χ0v) is 11.1. The second-order valence-electron chi connectivity index (χ2n) is 4.51. The van der Waals surface area contributed by atoms with E-state index >= 15 is 0 Å². The fraction of sp³-hybridized carbons (Fsp3) is 0.235. The topological polar surface area (TPSA) is 33.0 Å². The molecule has 2 aromatic carbocycles. The predicted octanol–water partition coefficient (Wildman–Crippen LogP) is 4.47. The number of hydrogen-bond acceptors (Lipinski definition) is 2. The molecular formula is C17H17NO. The molecule has 0 aliphatic heterocycles. The number of nitriles is 1. The van der Waals surface area contributed by atoms with Gasteiger partial charge in [-0.05, 0) is 17.9 Å². The maximum Gasteiger partial charge on any atom is 0.133 e. The molecule has 19 heavy (non-hydrogen) atoms. The van der Waals surface area contributed by atoms with Crippen LogP contribution in [0.5, 0.6) is 5.75 Å². The van der Waals surface area contributed by atoms with Crippen molar-refractivity contribution in [3.05, 3.63) is 54.6 Å². The third-order valence-electron chi connectivity index (χ3n) is 3.10. The van der Waals surface area contributed by atoms with Crippen LogP contribution in [0.2, 0.25) is 0 Å². The fourth-order valence-corrected chi connectivity index (χ4v) is 2.09. The third kappa shape index (κ3) is 2.95. The SMILES string of the molecule is C=C(C#N)[C@H](CCC)Oc1cccc2ccccc12. The largest absolute Gasteiger partial charge is 0.484 e. The lowest BCUT2D eigenvalue weighted by molar-refractivity contribution is 0.233. The normalized spacial score (nSPS) is 11.8. The third-order valence-corrected chi connectivity index (χ3v) is 3.10. The van der Waals surface area contributed by atoms with Crippen molar-refractivity contribution in [3.8, 4) is 11.8 Å². The molecule has 0 aromatic heterocycles. The minimum absolute atomic E-state index is 0.235. The van der Waals surface area contributed by atoms with Gasteiger partial charge in [0.05, 0.1) is 11.6 Å². The molecule has 96 valence electrons. The number of hydrogen-bond donors (Lipinski definition) is 0. The molecule has 0 N–H and O–H groups in total. The van der Waals surface area contributed by atoms with E-state index in [1.54, 1.807) is 0 Å². The van der Waals surface area contributed by atoms with Gasteiger partial charge < -0.3 is 4.74 Å². The van der Waals surface area contributed by atoms with E-state index in [1.807, 2.05) is 30.3 Å². The van der Waals surface area contributed by atoms with Crippen LogP contribution in [0.15, 0.2) is 54.6 Å². The summed E-state index contributed by atoms with van der Waals surface area (Å²) in [6.07, 6.45) is 1.52. The standard InChI is InChI=1S/C17H17NO/c1-3-7-16(13(2)12-18)19-17-11-6-9-14-8-4-5-10-15(14)17/h4-6,8-11,16H,2-3,7H2,1H3/t16-/m0/s1. The summed E-state index contributed by atoms with van der Waals surface area (Å²) < 4.78 is 6.00. The Labute approximate surface area is 113 Å². The van der Waals surface area contributed by atoms with Gasteiger partial charge in [0.2, 0.25) is 0 Å². The molecule has 2 rings (SSSR count). The van der Waals surface area contributed by atoms with Crippen LogP contribution in [0.1, 0.15) is 19.8 Å². The summed E-state index contributed by atoms with van der Waals surface area (Å²) in [6.45, 7) is 5.86. The van der Waals surface area contributed by atoms with E-state index in [2.05, 4.69) is 31.7 Å². The van der Waals surface area contributed by atoms with Crippen molar-refractivity contribution in [2.75, 3.05) is 0 Å². The molecule has 0 unspecified atom stereocenters. The van der Waals surface area contributed by atoms with Gasteiger partial charge in [-0.1, -0.05) is 56.3 Å². The van der Waals surface area contributed by atoms with Gasteiger partial charge in [0.25, 0.3) is 0 Å². The Kier molecular flexibility index (Phi) is 4.20. The lowest BCUT2D eigenvalue weighted by Crippen LogP contribution is -2.18. The lowest BCUT2D eigenvalue weighted by Gasteiger charge is -2.18. The first kappa shape index (κ1) is 13.2. The van der Waals surface area contributed by atoms with E-state index in [0.29, 0.717) is 5.57 Å². The highest BCUT2D eigenvalue weighted by Crippen LogP contribution is 2.27. The average molecular weight is 251 g/mol. The second kappa shape index (κ2) is 6.06. The molecule has 1 atom stereocenters. The number of ether oxygens (including phenoxy) is 1. The Balaban J connectivity index is 2.34. The van der Waals surface area contributed by atoms with Crippen LogP contribution in [-0.4, -0.2) is 6.10 Å². The molecule has 2 nitrogen and oxygen atoms in total. The van der Waals surface area contributed by atoms with Crippen molar-refractivity contribution in [3.63, 3.8) is 0 Å². The maximum atomic E-state index is 8.99. The highest BCUT2D eigenvalue weighted by molar-refractivity contribution is 5.88. The first-order valence-corrected chi connectivity index (χ1v) is 6.49. The van der Waals surface area contributed by atoms with Crippen molar-refractivity contribution in [1.29, 1.82) is 5.26 Å². The summed E-state index contributed by atoms with van der Waals surface area (Å²) in [5.41, 5.74) is 0.481. The van der Waals surface area contributed by atoms with Crippen molar-refractivity contribution in [2.45, 2.75) is 25.9 Å².